The maximum atomic E-state index is 7.08. The van der Waals surface area contributed by atoms with Gasteiger partial charge in [-0.3, -0.25) is 0 Å². The van der Waals surface area contributed by atoms with Gasteiger partial charge in [0.2, 0.25) is 0 Å². The first-order valence-corrected chi connectivity index (χ1v) is 20.6. The minimum absolute atomic E-state index is 0.202. The zero-order valence-electron chi connectivity index (χ0n) is 29.3. The van der Waals surface area contributed by atoms with Crippen molar-refractivity contribution in [1.82, 2.24) is 0 Å². The summed E-state index contributed by atoms with van der Waals surface area (Å²) < 4.78 is 40.8. The monoisotopic (exact) mass is 730 g/mol. The molecule has 7 aromatic carbocycles. The average Bonchev–Trinajstić information content (AvgIpc) is 3.11. The number of hydrogen-bond donors (Lipinski definition) is 0. The van der Waals surface area contributed by atoms with Gasteiger partial charge >= 0.3 is 8.38 Å². The molecule has 0 amide bonds. The zero-order valence-corrected chi connectivity index (χ0v) is 31.9. The second-order valence-electron chi connectivity index (χ2n) is 14.8. The third kappa shape index (κ3) is 5.69. The second kappa shape index (κ2) is 12.1. The Morgan fingerprint density at radius 3 is 1.29 bits per heavy atom. The fourth-order valence-electron chi connectivity index (χ4n) is 6.50. The summed E-state index contributed by atoms with van der Waals surface area (Å²) in [6, 6.07) is 39.2. The Hall–Kier alpha value is -4.33. The lowest BCUT2D eigenvalue weighted by Crippen LogP contribution is -2.20. The molecule has 7 aromatic rings. The number of fused-ring (bicyclic) bond motifs is 4. The Morgan fingerprint density at radius 1 is 0.451 bits per heavy atom. The summed E-state index contributed by atoms with van der Waals surface area (Å²) in [5.74, 6) is 4.64. The van der Waals surface area contributed by atoms with Gasteiger partial charge in [-0.1, -0.05) is 66.7 Å². The molecular formula is C42H37O6P3. The van der Waals surface area contributed by atoms with E-state index in [4.69, 9.17) is 27.1 Å². The van der Waals surface area contributed by atoms with Crippen LogP contribution in [0.15, 0.2) is 115 Å². The maximum absolute atomic E-state index is 7.08. The van der Waals surface area contributed by atoms with Gasteiger partial charge in [-0.2, -0.15) is 0 Å². The van der Waals surface area contributed by atoms with Crippen LogP contribution in [0.4, 0.5) is 0 Å². The van der Waals surface area contributed by atoms with Crippen molar-refractivity contribution in [3.05, 3.63) is 115 Å². The van der Waals surface area contributed by atoms with E-state index in [0.717, 1.165) is 71.4 Å². The molecule has 6 nitrogen and oxygen atoms in total. The molecule has 0 N–H and O–H groups in total. The van der Waals surface area contributed by atoms with Crippen LogP contribution < -0.4 is 32.4 Å². The second-order valence-corrected chi connectivity index (χ2v) is 20.7. The number of hydrogen-bond acceptors (Lipinski definition) is 6. The smallest absolute Gasteiger partial charge is 0.326 e. The van der Waals surface area contributed by atoms with Crippen LogP contribution in [0.25, 0.3) is 43.1 Å². The molecule has 0 saturated carbocycles. The summed E-state index contributed by atoms with van der Waals surface area (Å²) in [6.45, 7) is 12.9. The lowest BCUT2D eigenvalue weighted by Gasteiger charge is -2.34. The third-order valence-corrected chi connectivity index (χ3v) is 14.0. The van der Waals surface area contributed by atoms with E-state index in [1.165, 1.54) is 0 Å². The molecule has 0 spiro atoms. The van der Waals surface area contributed by atoms with Gasteiger partial charge in [-0.15, -0.1) is 0 Å². The normalized spacial score (nSPS) is 17.4. The lowest BCUT2D eigenvalue weighted by molar-refractivity contribution is 0.446. The predicted octanol–water partition coefficient (Wildman–Crippen LogP) is 13.2. The molecule has 0 aromatic heterocycles. The standard InChI is InChI=1S/C42H37O6P3/c1-41(2,3)50-45-33-22-12-16-28-24-26-14-10-20-31(35(26)39(47-50)37(28)33)43-49(30-18-8-7-9-19-30)44-32-21-11-15-27-25-29-17-13-23-34-38(29)40(36(27)32)48-51(46-34)42(4,5)6/h7-25H,1-6H3. The maximum Gasteiger partial charge on any atom is 0.326 e. The van der Waals surface area contributed by atoms with Crippen LogP contribution in [0, 0.1) is 0 Å². The SMILES string of the molecule is CC(C)(C)P1Oc2cccc3cc4cccc(OP(Oc5cccc6cc7cccc8c7c(c56)OP(C(C)(C)C)O8)c5ccccc5)c4c(c23)O1. The van der Waals surface area contributed by atoms with Crippen LogP contribution in [0.2, 0.25) is 0 Å². The van der Waals surface area contributed by atoms with Crippen molar-refractivity contribution in [2.24, 2.45) is 0 Å². The van der Waals surface area contributed by atoms with E-state index in [1.54, 1.807) is 0 Å². The van der Waals surface area contributed by atoms with Crippen LogP contribution in [0.5, 0.6) is 34.5 Å². The van der Waals surface area contributed by atoms with Gasteiger partial charge in [0, 0.05) is 0 Å². The minimum atomic E-state index is -1.69. The molecule has 0 aliphatic carbocycles. The van der Waals surface area contributed by atoms with E-state index >= 15 is 0 Å². The summed E-state index contributed by atoms with van der Waals surface area (Å²) in [4.78, 5) is 0. The Balaban J connectivity index is 1.21. The summed E-state index contributed by atoms with van der Waals surface area (Å²) in [5.41, 5.74) is 0. The van der Waals surface area contributed by atoms with Crippen molar-refractivity contribution < 1.29 is 27.1 Å². The summed E-state index contributed by atoms with van der Waals surface area (Å²) >= 11 is 0. The highest BCUT2D eigenvalue weighted by Gasteiger charge is 2.38. The van der Waals surface area contributed by atoms with Gasteiger partial charge < -0.3 is 27.1 Å². The Kier molecular flexibility index (Phi) is 7.75. The molecule has 0 radical (unpaired) electrons. The van der Waals surface area contributed by atoms with Crippen LogP contribution in [-0.2, 0) is 0 Å². The molecule has 2 atom stereocenters. The lowest BCUT2D eigenvalue weighted by atomic mass is 10.0. The molecule has 9 heteroatoms. The van der Waals surface area contributed by atoms with Gasteiger partial charge in [0.15, 0.2) is 11.5 Å². The van der Waals surface area contributed by atoms with Gasteiger partial charge in [0.1, 0.15) is 23.0 Å². The van der Waals surface area contributed by atoms with Crippen molar-refractivity contribution >= 4 is 73.5 Å². The molecule has 0 fully saturated rings. The molecule has 2 unspecified atom stereocenters. The highest BCUT2D eigenvalue weighted by Crippen LogP contribution is 2.62. The Bertz CT molecular complexity index is 2330. The number of rotatable bonds is 5. The van der Waals surface area contributed by atoms with Crippen molar-refractivity contribution in [2.45, 2.75) is 51.9 Å². The molecule has 9 rings (SSSR count). The summed E-state index contributed by atoms with van der Waals surface area (Å²) in [6.07, 6.45) is 0. The van der Waals surface area contributed by atoms with Gasteiger partial charge in [-0.05, 0) is 112 Å². The summed E-state index contributed by atoms with van der Waals surface area (Å²) in [5, 5.41) is 8.44. The molecule has 2 heterocycles. The van der Waals surface area contributed by atoms with E-state index in [0.29, 0.717) is 11.5 Å². The highest BCUT2D eigenvalue weighted by molar-refractivity contribution is 7.56. The first kappa shape index (κ1) is 32.6. The molecule has 256 valence electrons. The third-order valence-electron chi connectivity index (χ3n) is 8.90. The van der Waals surface area contributed by atoms with Crippen LogP contribution >= 0.6 is 25.1 Å². The Morgan fingerprint density at radius 2 is 0.863 bits per heavy atom. The van der Waals surface area contributed by atoms with Crippen molar-refractivity contribution in [3.8, 4) is 34.5 Å². The van der Waals surface area contributed by atoms with E-state index in [2.05, 4.69) is 90.1 Å². The van der Waals surface area contributed by atoms with Crippen LogP contribution in [0.1, 0.15) is 41.5 Å². The van der Waals surface area contributed by atoms with Gasteiger partial charge in [0.05, 0.1) is 37.2 Å². The molecule has 2 aliphatic heterocycles. The van der Waals surface area contributed by atoms with Crippen molar-refractivity contribution in [3.63, 3.8) is 0 Å². The largest absolute Gasteiger partial charge is 0.437 e. The predicted molar refractivity (Wildman–Crippen MR) is 213 cm³/mol. The fraction of sp³-hybridized carbons (Fsp3) is 0.190. The topological polar surface area (TPSA) is 55.4 Å². The molecule has 0 saturated heterocycles. The van der Waals surface area contributed by atoms with E-state index in [-0.39, 0.29) is 10.3 Å². The molecule has 51 heavy (non-hydrogen) atoms. The van der Waals surface area contributed by atoms with Gasteiger partial charge in [0.25, 0.3) is 16.8 Å². The number of benzene rings is 7. The summed E-state index contributed by atoms with van der Waals surface area (Å²) in [7, 11) is -4.22. The van der Waals surface area contributed by atoms with E-state index in [1.807, 2.05) is 66.7 Å². The minimum Gasteiger partial charge on any atom is -0.437 e. The Labute approximate surface area is 301 Å². The first-order valence-electron chi connectivity index (χ1n) is 17.0. The molecule has 2 aliphatic rings. The van der Waals surface area contributed by atoms with Crippen molar-refractivity contribution in [1.29, 1.82) is 0 Å². The quantitative estimate of drug-likeness (QED) is 0.130. The zero-order chi connectivity index (χ0) is 35.1. The first-order chi connectivity index (χ1) is 24.5. The average molecular weight is 731 g/mol. The molecule has 0 bridgehead atoms. The van der Waals surface area contributed by atoms with Crippen LogP contribution in [0.3, 0.4) is 0 Å². The van der Waals surface area contributed by atoms with Crippen LogP contribution in [-0.4, -0.2) is 10.3 Å². The molecular weight excluding hydrogens is 693 g/mol. The fourth-order valence-corrected chi connectivity index (χ4v) is 10.4. The van der Waals surface area contributed by atoms with E-state index < -0.39 is 25.1 Å². The highest BCUT2D eigenvalue weighted by atomic mass is 31.2. The van der Waals surface area contributed by atoms with Gasteiger partial charge in [-0.25, -0.2) is 0 Å². The van der Waals surface area contributed by atoms with Crippen molar-refractivity contribution in [2.75, 3.05) is 0 Å². The van der Waals surface area contributed by atoms with E-state index in [9.17, 15) is 0 Å².